The van der Waals surface area contributed by atoms with E-state index in [1.165, 1.54) is 19.2 Å². The molecule has 0 saturated carbocycles. The second-order valence-electron chi connectivity index (χ2n) is 4.53. The minimum absolute atomic E-state index is 0.0798. The Kier molecular flexibility index (Phi) is 4.14. The third-order valence-electron chi connectivity index (χ3n) is 3.19. The maximum absolute atomic E-state index is 11.3. The molecular formula is C12H20N4O. The van der Waals surface area contributed by atoms with E-state index in [2.05, 4.69) is 27.1 Å². The van der Waals surface area contributed by atoms with Crippen molar-refractivity contribution in [1.29, 1.82) is 0 Å². The zero-order chi connectivity index (χ0) is 12.1. The van der Waals surface area contributed by atoms with Crippen LogP contribution in [0, 0.1) is 5.92 Å². The van der Waals surface area contributed by atoms with E-state index < -0.39 is 0 Å². The molecule has 0 aromatic carbocycles. The summed E-state index contributed by atoms with van der Waals surface area (Å²) in [5, 5.41) is 3.39. The van der Waals surface area contributed by atoms with Crippen molar-refractivity contribution in [2.24, 2.45) is 5.92 Å². The molecule has 1 aromatic heterocycles. The molecule has 17 heavy (non-hydrogen) atoms. The van der Waals surface area contributed by atoms with Crippen LogP contribution in [0.4, 0.5) is 5.82 Å². The molecule has 1 aliphatic heterocycles. The molecule has 0 amide bonds. The third kappa shape index (κ3) is 3.30. The van der Waals surface area contributed by atoms with Gasteiger partial charge in [0.05, 0.1) is 6.33 Å². The Morgan fingerprint density at radius 1 is 1.65 bits per heavy atom. The standard InChI is InChI=1S/C12H20N4O/c1-2-13-7-10-4-3-5-16(8-10)11-6-12(17)15-9-14-11/h6,9-10,13H,2-5,7-8H2,1H3,(H,14,15,17). The van der Waals surface area contributed by atoms with Crippen LogP contribution in [0.5, 0.6) is 0 Å². The van der Waals surface area contributed by atoms with E-state index in [1.54, 1.807) is 6.07 Å². The molecule has 1 unspecified atom stereocenters. The number of nitrogens with one attached hydrogen (secondary N) is 2. The van der Waals surface area contributed by atoms with Gasteiger partial charge in [-0.2, -0.15) is 0 Å². The quantitative estimate of drug-likeness (QED) is 0.803. The number of hydrogen-bond acceptors (Lipinski definition) is 4. The summed E-state index contributed by atoms with van der Waals surface area (Å²) in [5.74, 6) is 1.46. The lowest BCUT2D eigenvalue weighted by Crippen LogP contribution is -2.40. The topological polar surface area (TPSA) is 61.0 Å². The molecule has 2 rings (SSSR count). The van der Waals surface area contributed by atoms with Crippen LogP contribution in [0.15, 0.2) is 17.2 Å². The largest absolute Gasteiger partial charge is 0.356 e. The summed E-state index contributed by atoms with van der Waals surface area (Å²) in [4.78, 5) is 20.2. The summed E-state index contributed by atoms with van der Waals surface area (Å²) in [6, 6.07) is 1.58. The van der Waals surface area contributed by atoms with Crippen LogP contribution in [0.2, 0.25) is 0 Å². The van der Waals surface area contributed by atoms with Gasteiger partial charge in [0.2, 0.25) is 0 Å². The van der Waals surface area contributed by atoms with Crippen LogP contribution in [-0.4, -0.2) is 36.1 Å². The van der Waals surface area contributed by atoms with E-state index in [4.69, 9.17) is 0 Å². The number of hydrogen-bond donors (Lipinski definition) is 2. The van der Waals surface area contributed by atoms with Gasteiger partial charge in [-0.05, 0) is 31.8 Å². The van der Waals surface area contributed by atoms with Crippen molar-refractivity contribution in [3.8, 4) is 0 Å². The van der Waals surface area contributed by atoms with Gasteiger partial charge in [0, 0.05) is 19.2 Å². The molecule has 1 saturated heterocycles. The van der Waals surface area contributed by atoms with E-state index in [-0.39, 0.29) is 5.56 Å². The molecule has 0 radical (unpaired) electrons. The first-order valence-corrected chi connectivity index (χ1v) is 6.30. The second kappa shape index (κ2) is 5.82. The molecule has 0 spiro atoms. The van der Waals surface area contributed by atoms with Crippen LogP contribution in [0.3, 0.4) is 0 Å². The molecule has 94 valence electrons. The number of rotatable bonds is 4. The average Bonchev–Trinajstić information content (AvgIpc) is 2.37. The molecule has 2 heterocycles. The normalized spacial score (nSPS) is 20.5. The van der Waals surface area contributed by atoms with Crippen molar-refractivity contribution in [3.05, 3.63) is 22.7 Å². The molecular weight excluding hydrogens is 216 g/mol. The molecule has 2 N–H and O–H groups in total. The van der Waals surface area contributed by atoms with Crippen molar-refractivity contribution in [3.63, 3.8) is 0 Å². The minimum atomic E-state index is -0.0798. The zero-order valence-electron chi connectivity index (χ0n) is 10.3. The molecule has 1 aromatic rings. The highest BCUT2D eigenvalue weighted by Crippen LogP contribution is 2.19. The summed E-state index contributed by atoms with van der Waals surface area (Å²) in [5.41, 5.74) is -0.0798. The molecule has 5 heteroatoms. The Hall–Kier alpha value is -1.36. The highest BCUT2D eigenvalue weighted by Gasteiger charge is 2.20. The predicted molar refractivity (Wildman–Crippen MR) is 68.3 cm³/mol. The van der Waals surface area contributed by atoms with Gasteiger partial charge in [0.25, 0.3) is 5.56 Å². The minimum Gasteiger partial charge on any atom is -0.356 e. The first-order chi connectivity index (χ1) is 8.29. The first kappa shape index (κ1) is 12.1. The number of aromatic nitrogens is 2. The number of piperidine rings is 1. The number of anilines is 1. The lowest BCUT2D eigenvalue weighted by molar-refractivity contribution is 0.394. The second-order valence-corrected chi connectivity index (χ2v) is 4.53. The Bertz CT molecular complexity index is 403. The number of aromatic amines is 1. The molecule has 1 atom stereocenters. The van der Waals surface area contributed by atoms with Gasteiger partial charge < -0.3 is 15.2 Å². The number of H-pyrrole nitrogens is 1. The Morgan fingerprint density at radius 2 is 2.53 bits per heavy atom. The summed E-state index contributed by atoms with van der Waals surface area (Å²) in [6.07, 6.45) is 3.91. The lowest BCUT2D eigenvalue weighted by atomic mass is 9.98. The van der Waals surface area contributed by atoms with Gasteiger partial charge >= 0.3 is 0 Å². The summed E-state index contributed by atoms with van der Waals surface area (Å²) in [7, 11) is 0. The van der Waals surface area contributed by atoms with Gasteiger partial charge in [0.15, 0.2) is 0 Å². The van der Waals surface area contributed by atoms with Crippen LogP contribution in [0.1, 0.15) is 19.8 Å². The number of nitrogens with zero attached hydrogens (tertiary/aromatic N) is 2. The fourth-order valence-corrected chi connectivity index (χ4v) is 2.32. The fourth-order valence-electron chi connectivity index (χ4n) is 2.32. The summed E-state index contributed by atoms with van der Waals surface area (Å²) in [6.45, 7) is 6.18. The predicted octanol–water partition coefficient (Wildman–Crippen LogP) is 0.596. The third-order valence-corrected chi connectivity index (χ3v) is 3.19. The van der Waals surface area contributed by atoms with Gasteiger partial charge in [-0.15, -0.1) is 0 Å². The van der Waals surface area contributed by atoms with Crippen molar-refractivity contribution < 1.29 is 0 Å². The van der Waals surface area contributed by atoms with Gasteiger partial charge in [-0.25, -0.2) is 4.98 Å². The highest BCUT2D eigenvalue weighted by atomic mass is 16.1. The molecule has 0 aliphatic carbocycles. The summed E-state index contributed by atoms with van der Waals surface area (Å²) >= 11 is 0. The maximum Gasteiger partial charge on any atom is 0.252 e. The van der Waals surface area contributed by atoms with E-state index >= 15 is 0 Å². The van der Waals surface area contributed by atoms with E-state index in [1.807, 2.05) is 0 Å². The zero-order valence-corrected chi connectivity index (χ0v) is 10.3. The van der Waals surface area contributed by atoms with Crippen molar-refractivity contribution in [1.82, 2.24) is 15.3 Å². The van der Waals surface area contributed by atoms with Crippen molar-refractivity contribution in [2.45, 2.75) is 19.8 Å². The Labute approximate surface area is 101 Å². The summed E-state index contributed by atoms with van der Waals surface area (Å²) < 4.78 is 0. The molecule has 1 aliphatic rings. The van der Waals surface area contributed by atoms with Crippen molar-refractivity contribution in [2.75, 3.05) is 31.1 Å². The van der Waals surface area contributed by atoms with Gasteiger partial charge in [0.1, 0.15) is 5.82 Å². The van der Waals surface area contributed by atoms with Crippen LogP contribution in [0.25, 0.3) is 0 Å². The molecule has 0 bridgehead atoms. The maximum atomic E-state index is 11.3. The highest BCUT2D eigenvalue weighted by molar-refractivity contribution is 5.36. The Balaban J connectivity index is 1.99. The van der Waals surface area contributed by atoms with Crippen LogP contribution in [-0.2, 0) is 0 Å². The van der Waals surface area contributed by atoms with Crippen molar-refractivity contribution >= 4 is 5.82 Å². The monoisotopic (exact) mass is 236 g/mol. The van der Waals surface area contributed by atoms with E-state index in [0.717, 1.165) is 32.0 Å². The first-order valence-electron chi connectivity index (χ1n) is 6.30. The lowest BCUT2D eigenvalue weighted by Gasteiger charge is -2.33. The van der Waals surface area contributed by atoms with Gasteiger partial charge in [-0.1, -0.05) is 6.92 Å². The van der Waals surface area contributed by atoms with Crippen LogP contribution >= 0.6 is 0 Å². The SMILES string of the molecule is CCNCC1CCCN(c2cc(=O)[nH]cn2)C1. The van der Waals surface area contributed by atoms with E-state index in [0.29, 0.717) is 5.92 Å². The molecule has 5 nitrogen and oxygen atoms in total. The van der Waals surface area contributed by atoms with Crippen LogP contribution < -0.4 is 15.8 Å². The fraction of sp³-hybridized carbons (Fsp3) is 0.667. The Morgan fingerprint density at radius 3 is 3.29 bits per heavy atom. The van der Waals surface area contributed by atoms with Gasteiger partial charge in [-0.3, -0.25) is 4.79 Å². The smallest absolute Gasteiger partial charge is 0.252 e. The average molecular weight is 236 g/mol. The van der Waals surface area contributed by atoms with E-state index in [9.17, 15) is 4.79 Å². The molecule has 1 fully saturated rings.